The number of aromatic nitrogens is 1. The normalized spacial score (nSPS) is 21.0. The SMILES string of the molecule is Nc1ccc(C(=O)N2C[C@@H](C(=O)O)[C@H](c3ccc4c(c3)OCO4)C2)cn1. The van der Waals surface area contributed by atoms with Crippen LogP contribution >= 0.6 is 0 Å². The second-order valence-corrected chi connectivity index (χ2v) is 6.35. The number of benzene rings is 1. The van der Waals surface area contributed by atoms with Crippen molar-refractivity contribution in [3.63, 3.8) is 0 Å². The number of nitrogens with two attached hydrogens (primary N) is 1. The van der Waals surface area contributed by atoms with Crippen molar-refractivity contribution in [3.05, 3.63) is 47.7 Å². The van der Waals surface area contributed by atoms with Gasteiger partial charge in [-0.2, -0.15) is 0 Å². The number of amides is 1. The van der Waals surface area contributed by atoms with Gasteiger partial charge in [0, 0.05) is 25.2 Å². The zero-order chi connectivity index (χ0) is 18.3. The first-order valence-corrected chi connectivity index (χ1v) is 8.16. The summed E-state index contributed by atoms with van der Waals surface area (Å²) in [6.45, 7) is 0.595. The first-order valence-electron chi connectivity index (χ1n) is 8.16. The van der Waals surface area contributed by atoms with E-state index in [9.17, 15) is 14.7 Å². The molecule has 2 atom stereocenters. The molecule has 1 fully saturated rings. The average molecular weight is 355 g/mol. The van der Waals surface area contributed by atoms with E-state index in [2.05, 4.69) is 4.98 Å². The van der Waals surface area contributed by atoms with E-state index < -0.39 is 11.9 Å². The summed E-state index contributed by atoms with van der Waals surface area (Å²) in [6, 6.07) is 8.53. The van der Waals surface area contributed by atoms with E-state index in [-0.39, 0.29) is 25.2 Å². The summed E-state index contributed by atoms with van der Waals surface area (Å²) in [6.07, 6.45) is 1.40. The summed E-state index contributed by atoms with van der Waals surface area (Å²) in [5, 5.41) is 9.62. The maximum atomic E-state index is 12.7. The van der Waals surface area contributed by atoms with Crippen LogP contribution in [0.3, 0.4) is 0 Å². The molecule has 3 N–H and O–H groups in total. The number of carboxylic acids is 1. The van der Waals surface area contributed by atoms with Crippen molar-refractivity contribution in [2.75, 3.05) is 25.6 Å². The number of likely N-dealkylation sites (tertiary alicyclic amines) is 1. The Bertz CT molecular complexity index is 868. The fraction of sp³-hybridized carbons (Fsp3) is 0.278. The third-order valence-corrected chi connectivity index (χ3v) is 4.78. The van der Waals surface area contributed by atoms with Crippen LogP contribution in [0.25, 0.3) is 0 Å². The van der Waals surface area contributed by atoms with E-state index in [1.807, 2.05) is 6.07 Å². The summed E-state index contributed by atoms with van der Waals surface area (Å²) in [5.41, 5.74) is 6.75. The van der Waals surface area contributed by atoms with Gasteiger partial charge in [0.2, 0.25) is 6.79 Å². The Labute approximate surface area is 149 Å². The van der Waals surface area contributed by atoms with Gasteiger partial charge < -0.3 is 25.2 Å². The first-order chi connectivity index (χ1) is 12.5. The second kappa shape index (κ2) is 6.21. The molecule has 134 valence electrons. The Balaban J connectivity index is 1.60. The molecular formula is C18H17N3O5. The molecule has 1 aromatic heterocycles. The van der Waals surface area contributed by atoms with Crippen molar-refractivity contribution in [3.8, 4) is 11.5 Å². The zero-order valence-corrected chi connectivity index (χ0v) is 13.8. The predicted molar refractivity (Wildman–Crippen MR) is 91.0 cm³/mol. The van der Waals surface area contributed by atoms with Crippen molar-refractivity contribution >= 4 is 17.7 Å². The molecule has 0 spiro atoms. The zero-order valence-electron chi connectivity index (χ0n) is 13.8. The maximum Gasteiger partial charge on any atom is 0.308 e. The van der Waals surface area contributed by atoms with Crippen LogP contribution in [0.5, 0.6) is 11.5 Å². The van der Waals surface area contributed by atoms with Crippen molar-refractivity contribution in [1.29, 1.82) is 0 Å². The summed E-state index contributed by atoms with van der Waals surface area (Å²) in [7, 11) is 0. The minimum Gasteiger partial charge on any atom is -0.481 e. The quantitative estimate of drug-likeness (QED) is 0.853. The van der Waals surface area contributed by atoms with E-state index in [1.165, 1.54) is 6.20 Å². The molecule has 2 aliphatic rings. The highest BCUT2D eigenvalue weighted by molar-refractivity contribution is 5.95. The molecule has 0 aliphatic carbocycles. The monoisotopic (exact) mass is 355 g/mol. The van der Waals surface area contributed by atoms with Gasteiger partial charge in [-0.3, -0.25) is 9.59 Å². The molecule has 4 rings (SSSR count). The predicted octanol–water partition coefficient (Wildman–Crippen LogP) is 1.33. The molecule has 0 saturated carbocycles. The highest BCUT2D eigenvalue weighted by atomic mass is 16.7. The van der Waals surface area contributed by atoms with Crippen molar-refractivity contribution in [2.24, 2.45) is 5.92 Å². The molecule has 1 amide bonds. The Morgan fingerprint density at radius 3 is 2.69 bits per heavy atom. The largest absolute Gasteiger partial charge is 0.481 e. The summed E-state index contributed by atoms with van der Waals surface area (Å²) in [5.74, 6) is -0.651. The minimum absolute atomic E-state index is 0.137. The lowest BCUT2D eigenvalue weighted by Gasteiger charge is -2.16. The standard InChI is InChI=1S/C18H17N3O5/c19-16-4-2-11(6-20-16)17(22)21-7-12(13(8-21)18(23)24)10-1-3-14-15(5-10)26-9-25-14/h1-6,12-13H,7-9H2,(H2,19,20)(H,23,24)/t12-,13+/m0/s1. The number of rotatable bonds is 3. The highest BCUT2D eigenvalue weighted by Crippen LogP contribution is 2.39. The highest BCUT2D eigenvalue weighted by Gasteiger charge is 2.41. The molecule has 8 heteroatoms. The number of hydrogen-bond acceptors (Lipinski definition) is 6. The Morgan fingerprint density at radius 1 is 1.15 bits per heavy atom. The molecule has 1 saturated heterocycles. The molecule has 2 aliphatic heterocycles. The molecule has 3 heterocycles. The number of carboxylic acid groups (broad SMARTS) is 1. The second-order valence-electron chi connectivity index (χ2n) is 6.35. The molecule has 0 bridgehead atoms. The first kappa shape index (κ1) is 16.2. The van der Waals surface area contributed by atoms with Crippen molar-refractivity contribution in [2.45, 2.75) is 5.92 Å². The van der Waals surface area contributed by atoms with Gasteiger partial charge in [0.25, 0.3) is 5.91 Å². The van der Waals surface area contributed by atoms with Crippen molar-refractivity contribution < 1.29 is 24.2 Å². The fourth-order valence-electron chi connectivity index (χ4n) is 3.42. The van der Waals surface area contributed by atoms with Crippen LogP contribution in [0.2, 0.25) is 0 Å². The van der Waals surface area contributed by atoms with E-state index in [0.29, 0.717) is 29.4 Å². The van der Waals surface area contributed by atoms with Crippen LogP contribution in [0.15, 0.2) is 36.5 Å². The number of pyridine rings is 1. The van der Waals surface area contributed by atoms with Gasteiger partial charge >= 0.3 is 5.97 Å². The Hall–Kier alpha value is -3.29. The van der Waals surface area contributed by atoms with Crippen LogP contribution < -0.4 is 15.2 Å². The topological polar surface area (TPSA) is 115 Å². The van der Waals surface area contributed by atoms with E-state index in [0.717, 1.165) is 5.56 Å². The number of anilines is 1. The molecule has 0 radical (unpaired) electrons. The van der Waals surface area contributed by atoms with Crippen LogP contribution in [-0.4, -0.2) is 46.7 Å². The van der Waals surface area contributed by atoms with E-state index >= 15 is 0 Å². The van der Waals surface area contributed by atoms with Gasteiger partial charge in [-0.05, 0) is 29.8 Å². The summed E-state index contributed by atoms with van der Waals surface area (Å²) in [4.78, 5) is 29.9. The van der Waals surface area contributed by atoms with Crippen LogP contribution in [0.4, 0.5) is 5.82 Å². The molecular weight excluding hydrogens is 338 g/mol. The molecule has 0 unspecified atom stereocenters. The number of ether oxygens (including phenoxy) is 2. The molecule has 1 aromatic carbocycles. The fourth-order valence-corrected chi connectivity index (χ4v) is 3.42. The maximum absolute atomic E-state index is 12.7. The number of carbonyl (C=O) groups excluding carboxylic acids is 1. The summed E-state index contributed by atoms with van der Waals surface area (Å²) >= 11 is 0. The smallest absolute Gasteiger partial charge is 0.308 e. The lowest BCUT2D eigenvalue weighted by atomic mass is 9.89. The van der Waals surface area contributed by atoms with Gasteiger partial charge in [0.1, 0.15) is 5.82 Å². The van der Waals surface area contributed by atoms with Crippen LogP contribution in [-0.2, 0) is 4.79 Å². The van der Waals surface area contributed by atoms with Crippen LogP contribution in [0.1, 0.15) is 21.8 Å². The number of nitrogens with zero attached hydrogens (tertiary/aromatic N) is 2. The van der Waals surface area contributed by atoms with Crippen LogP contribution in [0, 0.1) is 5.92 Å². The molecule has 2 aromatic rings. The van der Waals surface area contributed by atoms with E-state index in [4.69, 9.17) is 15.2 Å². The van der Waals surface area contributed by atoms with Gasteiger partial charge in [0.05, 0.1) is 11.5 Å². The third kappa shape index (κ3) is 2.79. The lowest BCUT2D eigenvalue weighted by molar-refractivity contribution is -0.141. The Morgan fingerprint density at radius 2 is 1.96 bits per heavy atom. The number of nitrogen functional groups attached to an aromatic ring is 1. The third-order valence-electron chi connectivity index (χ3n) is 4.78. The minimum atomic E-state index is -0.932. The summed E-state index contributed by atoms with van der Waals surface area (Å²) < 4.78 is 10.7. The number of carbonyl (C=O) groups is 2. The Kier molecular flexibility index (Phi) is 3.87. The van der Waals surface area contributed by atoms with Gasteiger partial charge in [-0.15, -0.1) is 0 Å². The van der Waals surface area contributed by atoms with Gasteiger partial charge in [0.15, 0.2) is 11.5 Å². The number of hydrogen-bond donors (Lipinski definition) is 2. The molecule has 8 nitrogen and oxygen atoms in total. The van der Waals surface area contributed by atoms with Crippen molar-refractivity contribution in [1.82, 2.24) is 9.88 Å². The van der Waals surface area contributed by atoms with E-state index in [1.54, 1.807) is 29.2 Å². The lowest BCUT2D eigenvalue weighted by Crippen LogP contribution is -2.30. The number of fused-ring (bicyclic) bond motifs is 1. The molecule has 26 heavy (non-hydrogen) atoms. The van der Waals surface area contributed by atoms with Gasteiger partial charge in [-0.1, -0.05) is 6.07 Å². The number of aliphatic carboxylic acids is 1. The van der Waals surface area contributed by atoms with Gasteiger partial charge in [-0.25, -0.2) is 4.98 Å². The average Bonchev–Trinajstić information content (AvgIpc) is 3.28.